The Kier molecular flexibility index (Phi) is 4.22. The van der Waals surface area contributed by atoms with Crippen LogP contribution in [0.3, 0.4) is 0 Å². The first kappa shape index (κ1) is 13.8. The van der Waals surface area contributed by atoms with Crippen LogP contribution in [0.2, 0.25) is 0 Å². The lowest BCUT2D eigenvalue weighted by atomic mass is 10.0. The van der Waals surface area contributed by atoms with Crippen LogP contribution >= 0.6 is 0 Å². The van der Waals surface area contributed by atoms with Crippen LogP contribution in [0, 0.1) is 0 Å². The normalized spacial score (nSPS) is 30.2. The molecule has 1 N–H and O–H groups in total. The zero-order valence-electron chi connectivity index (χ0n) is 12.3. The smallest absolute Gasteiger partial charge is 0.213 e. The minimum Gasteiger partial charge on any atom is -0.474 e. The Bertz CT molecular complexity index is 438. The van der Waals surface area contributed by atoms with Crippen molar-refractivity contribution >= 4 is 0 Å². The lowest BCUT2D eigenvalue weighted by molar-refractivity contribution is -0.0729. The highest BCUT2D eigenvalue weighted by atomic mass is 16.5. The van der Waals surface area contributed by atoms with Gasteiger partial charge in [0, 0.05) is 31.5 Å². The molecule has 2 heterocycles. The van der Waals surface area contributed by atoms with E-state index < -0.39 is 0 Å². The quantitative estimate of drug-likeness (QED) is 0.898. The Morgan fingerprint density at radius 1 is 1.25 bits per heavy atom. The van der Waals surface area contributed by atoms with E-state index in [0.717, 1.165) is 31.0 Å². The first-order valence-corrected chi connectivity index (χ1v) is 7.70. The Morgan fingerprint density at radius 3 is 2.70 bits per heavy atom. The molecule has 1 saturated heterocycles. The summed E-state index contributed by atoms with van der Waals surface area (Å²) < 4.78 is 11.8. The molecule has 0 spiro atoms. The highest BCUT2D eigenvalue weighted by Crippen LogP contribution is 2.23. The van der Waals surface area contributed by atoms with Gasteiger partial charge in [-0.2, -0.15) is 0 Å². The molecule has 1 aromatic rings. The minimum absolute atomic E-state index is 0.216. The second kappa shape index (κ2) is 6.10. The fourth-order valence-electron chi connectivity index (χ4n) is 2.77. The number of nitrogens with zero attached hydrogens (tertiary/aromatic N) is 1. The van der Waals surface area contributed by atoms with Gasteiger partial charge in [0.05, 0.1) is 17.9 Å². The Hall–Kier alpha value is -1.13. The number of pyridine rings is 1. The summed E-state index contributed by atoms with van der Waals surface area (Å²) in [6.45, 7) is 5.05. The molecule has 1 aromatic heterocycles. The van der Waals surface area contributed by atoms with Gasteiger partial charge < -0.3 is 14.8 Å². The molecule has 0 bridgehead atoms. The van der Waals surface area contributed by atoms with E-state index in [1.807, 2.05) is 12.1 Å². The van der Waals surface area contributed by atoms with E-state index in [9.17, 15) is 0 Å². The van der Waals surface area contributed by atoms with Gasteiger partial charge in [0.15, 0.2) is 0 Å². The third-order valence-electron chi connectivity index (χ3n) is 3.87. The highest BCUT2D eigenvalue weighted by molar-refractivity contribution is 5.16. The molecule has 110 valence electrons. The lowest BCUT2D eigenvalue weighted by Gasteiger charge is -2.31. The predicted octanol–water partition coefficient (Wildman–Crippen LogP) is 2.67. The second-order valence-electron chi connectivity index (χ2n) is 6.09. The second-order valence-corrected chi connectivity index (χ2v) is 6.09. The van der Waals surface area contributed by atoms with Gasteiger partial charge in [-0.3, -0.25) is 0 Å². The fourth-order valence-corrected chi connectivity index (χ4v) is 2.77. The summed E-state index contributed by atoms with van der Waals surface area (Å²) in [5.74, 6) is 0.742. The zero-order valence-corrected chi connectivity index (χ0v) is 12.3. The molecule has 4 nitrogen and oxygen atoms in total. The Labute approximate surface area is 120 Å². The van der Waals surface area contributed by atoms with Crippen LogP contribution in [0.1, 0.15) is 45.2 Å². The highest BCUT2D eigenvalue weighted by Gasteiger charge is 2.26. The van der Waals surface area contributed by atoms with E-state index in [4.69, 9.17) is 9.47 Å². The first-order chi connectivity index (χ1) is 9.69. The minimum atomic E-state index is 0.216. The first-order valence-electron chi connectivity index (χ1n) is 7.70. The summed E-state index contributed by atoms with van der Waals surface area (Å²) in [6, 6.07) is 6.74. The summed E-state index contributed by atoms with van der Waals surface area (Å²) in [5, 5.41) is 3.48. The van der Waals surface area contributed by atoms with Crippen molar-refractivity contribution in [1.29, 1.82) is 0 Å². The van der Waals surface area contributed by atoms with E-state index in [1.54, 1.807) is 0 Å². The number of hydrogen-bond acceptors (Lipinski definition) is 4. The Morgan fingerprint density at radius 2 is 2.00 bits per heavy atom. The van der Waals surface area contributed by atoms with Crippen molar-refractivity contribution in [2.75, 3.05) is 0 Å². The molecule has 2 aliphatic rings. The summed E-state index contributed by atoms with van der Waals surface area (Å²) in [7, 11) is 0. The molecule has 1 aliphatic carbocycles. The van der Waals surface area contributed by atoms with Crippen LogP contribution in [0.5, 0.6) is 5.88 Å². The third-order valence-corrected chi connectivity index (χ3v) is 3.87. The van der Waals surface area contributed by atoms with E-state index in [0.29, 0.717) is 6.04 Å². The number of rotatable bonds is 5. The molecular weight excluding hydrogens is 252 g/mol. The maximum absolute atomic E-state index is 6.04. The topological polar surface area (TPSA) is 43.4 Å². The summed E-state index contributed by atoms with van der Waals surface area (Å²) in [4.78, 5) is 4.59. The van der Waals surface area contributed by atoms with Crippen molar-refractivity contribution in [2.24, 2.45) is 0 Å². The van der Waals surface area contributed by atoms with Crippen LogP contribution in [0.15, 0.2) is 18.2 Å². The SMILES string of the molecule is CC1CC(Oc2cccc(CNC3CC3)n2)CC(C)O1. The lowest BCUT2D eigenvalue weighted by Crippen LogP contribution is -2.35. The number of ether oxygens (including phenoxy) is 2. The van der Waals surface area contributed by atoms with Crippen LogP contribution in [0.25, 0.3) is 0 Å². The largest absolute Gasteiger partial charge is 0.474 e. The monoisotopic (exact) mass is 276 g/mol. The summed E-state index contributed by atoms with van der Waals surface area (Å²) >= 11 is 0. The summed E-state index contributed by atoms with van der Waals surface area (Å²) in [6.07, 6.45) is 5.23. The van der Waals surface area contributed by atoms with E-state index in [2.05, 4.69) is 30.2 Å². The molecule has 1 saturated carbocycles. The van der Waals surface area contributed by atoms with Gasteiger partial charge in [-0.1, -0.05) is 6.07 Å². The van der Waals surface area contributed by atoms with Gasteiger partial charge in [0.25, 0.3) is 0 Å². The van der Waals surface area contributed by atoms with Crippen LogP contribution in [-0.2, 0) is 11.3 Å². The van der Waals surface area contributed by atoms with Crippen molar-refractivity contribution in [1.82, 2.24) is 10.3 Å². The molecule has 3 rings (SSSR count). The van der Waals surface area contributed by atoms with Gasteiger partial charge in [-0.05, 0) is 32.8 Å². The molecule has 1 aliphatic heterocycles. The molecule has 0 aromatic carbocycles. The van der Waals surface area contributed by atoms with Gasteiger partial charge >= 0.3 is 0 Å². The maximum Gasteiger partial charge on any atom is 0.213 e. The van der Waals surface area contributed by atoms with Crippen molar-refractivity contribution in [3.8, 4) is 5.88 Å². The van der Waals surface area contributed by atoms with Crippen molar-refractivity contribution in [3.05, 3.63) is 23.9 Å². The fraction of sp³-hybridized carbons (Fsp3) is 0.688. The van der Waals surface area contributed by atoms with Crippen LogP contribution in [-0.4, -0.2) is 29.3 Å². The molecule has 2 atom stereocenters. The van der Waals surface area contributed by atoms with Gasteiger partial charge in [0.2, 0.25) is 5.88 Å². The average molecular weight is 276 g/mol. The molecule has 0 amide bonds. The number of aromatic nitrogens is 1. The zero-order chi connectivity index (χ0) is 13.9. The number of nitrogens with one attached hydrogen (secondary N) is 1. The van der Waals surface area contributed by atoms with Gasteiger partial charge in [-0.15, -0.1) is 0 Å². The van der Waals surface area contributed by atoms with Crippen molar-refractivity contribution < 1.29 is 9.47 Å². The van der Waals surface area contributed by atoms with E-state index in [-0.39, 0.29) is 18.3 Å². The third kappa shape index (κ3) is 3.93. The van der Waals surface area contributed by atoms with E-state index >= 15 is 0 Å². The average Bonchev–Trinajstić information content (AvgIpc) is 3.19. The molecule has 0 radical (unpaired) electrons. The molecule has 20 heavy (non-hydrogen) atoms. The van der Waals surface area contributed by atoms with Gasteiger partial charge in [-0.25, -0.2) is 4.98 Å². The van der Waals surface area contributed by atoms with Crippen molar-refractivity contribution in [2.45, 2.75) is 70.4 Å². The molecule has 4 heteroatoms. The molecular formula is C16H24N2O2. The standard InChI is InChI=1S/C16H24N2O2/c1-11-8-15(9-12(2)19-11)20-16-5-3-4-14(18-16)10-17-13-6-7-13/h3-5,11-13,15,17H,6-10H2,1-2H3. The molecule has 2 unspecified atom stereocenters. The number of hydrogen-bond donors (Lipinski definition) is 1. The molecule has 2 fully saturated rings. The summed E-state index contributed by atoms with van der Waals surface area (Å²) in [5.41, 5.74) is 1.06. The Balaban J connectivity index is 1.57. The van der Waals surface area contributed by atoms with Gasteiger partial charge in [0.1, 0.15) is 6.10 Å². The van der Waals surface area contributed by atoms with Crippen molar-refractivity contribution in [3.63, 3.8) is 0 Å². The van der Waals surface area contributed by atoms with Crippen LogP contribution in [0.4, 0.5) is 0 Å². The van der Waals surface area contributed by atoms with E-state index in [1.165, 1.54) is 12.8 Å². The van der Waals surface area contributed by atoms with Crippen LogP contribution < -0.4 is 10.1 Å². The predicted molar refractivity (Wildman–Crippen MR) is 77.8 cm³/mol. The maximum atomic E-state index is 6.04.